The van der Waals surface area contributed by atoms with Gasteiger partial charge in [0.15, 0.2) is 0 Å². The Bertz CT molecular complexity index is 1090. The maximum absolute atomic E-state index is 12.9. The average molecular weight is 447 g/mol. The summed E-state index contributed by atoms with van der Waals surface area (Å²) in [5.74, 6) is -0.386. The molecule has 2 aromatic carbocycles. The minimum Gasteiger partial charge on any atom is -0.495 e. The number of nitrogens with zero attached hydrogens (tertiary/aromatic N) is 2. The Morgan fingerprint density at radius 3 is 2.45 bits per heavy atom. The van der Waals surface area contributed by atoms with Crippen LogP contribution in [0.25, 0.3) is 11.3 Å². The summed E-state index contributed by atoms with van der Waals surface area (Å²) in [4.78, 5) is 12.3. The van der Waals surface area contributed by atoms with E-state index in [-0.39, 0.29) is 17.2 Å². The molecule has 0 spiro atoms. The molecule has 1 aromatic heterocycles. The van der Waals surface area contributed by atoms with Crippen molar-refractivity contribution in [3.8, 4) is 17.0 Å². The topological polar surface area (TPSA) is 64.1 Å². The molecule has 162 valence electrons. The molecule has 31 heavy (non-hydrogen) atoms. The van der Waals surface area contributed by atoms with Gasteiger partial charge >= 0.3 is 6.18 Å². The standard InChI is InChI=1S/C22H20F3N3O2S/c1-13-4-6-16(14(2)10-13)17-7-9-21(28-27-17)31-12-20(29)26-18-11-15(22(23,24)25)5-8-19(18)30-3/h4-11H,12H2,1-3H3,(H,26,29). The van der Waals surface area contributed by atoms with Crippen molar-refractivity contribution in [2.75, 3.05) is 18.2 Å². The first-order valence-electron chi connectivity index (χ1n) is 9.26. The largest absolute Gasteiger partial charge is 0.495 e. The molecule has 3 rings (SSSR count). The highest BCUT2D eigenvalue weighted by Crippen LogP contribution is 2.35. The minimum atomic E-state index is -4.52. The van der Waals surface area contributed by atoms with Crippen molar-refractivity contribution in [3.05, 3.63) is 65.2 Å². The Hall–Kier alpha value is -3.07. The minimum absolute atomic E-state index is 0.0424. The second-order valence-electron chi connectivity index (χ2n) is 6.82. The summed E-state index contributed by atoms with van der Waals surface area (Å²) in [7, 11) is 1.32. The van der Waals surface area contributed by atoms with E-state index in [4.69, 9.17) is 4.74 Å². The van der Waals surface area contributed by atoms with Crippen LogP contribution in [0.3, 0.4) is 0 Å². The van der Waals surface area contributed by atoms with Crippen LogP contribution in [0.1, 0.15) is 16.7 Å². The number of hydrogen-bond donors (Lipinski definition) is 1. The van der Waals surface area contributed by atoms with Gasteiger partial charge in [0.1, 0.15) is 10.8 Å². The van der Waals surface area contributed by atoms with E-state index in [0.29, 0.717) is 5.03 Å². The molecule has 0 aliphatic carbocycles. The number of hydrogen-bond acceptors (Lipinski definition) is 5. The van der Waals surface area contributed by atoms with Crippen molar-refractivity contribution in [2.24, 2.45) is 0 Å². The summed E-state index contributed by atoms with van der Waals surface area (Å²) >= 11 is 1.13. The maximum Gasteiger partial charge on any atom is 0.416 e. The van der Waals surface area contributed by atoms with E-state index >= 15 is 0 Å². The summed E-state index contributed by atoms with van der Waals surface area (Å²) in [6.45, 7) is 4.02. The fraction of sp³-hybridized carbons (Fsp3) is 0.227. The first kappa shape index (κ1) is 22.6. The highest BCUT2D eigenvalue weighted by molar-refractivity contribution is 7.99. The Morgan fingerprint density at radius 1 is 1.06 bits per heavy atom. The van der Waals surface area contributed by atoms with Gasteiger partial charge in [-0.2, -0.15) is 13.2 Å². The van der Waals surface area contributed by atoms with E-state index < -0.39 is 17.6 Å². The number of nitrogens with one attached hydrogen (secondary N) is 1. The fourth-order valence-electron chi connectivity index (χ4n) is 2.95. The van der Waals surface area contributed by atoms with Crippen LogP contribution in [0.5, 0.6) is 5.75 Å². The number of aryl methyl sites for hydroxylation is 2. The number of ether oxygens (including phenoxy) is 1. The molecule has 0 saturated carbocycles. The average Bonchev–Trinajstić information content (AvgIpc) is 2.72. The van der Waals surface area contributed by atoms with Crippen molar-refractivity contribution in [1.82, 2.24) is 10.2 Å². The number of methoxy groups -OCH3 is 1. The van der Waals surface area contributed by atoms with Crippen LogP contribution in [0.4, 0.5) is 18.9 Å². The molecule has 1 heterocycles. The third-order valence-electron chi connectivity index (χ3n) is 4.45. The zero-order valence-corrected chi connectivity index (χ0v) is 17.9. The zero-order chi connectivity index (χ0) is 22.6. The lowest BCUT2D eigenvalue weighted by atomic mass is 10.0. The van der Waals surface area contributed by atoms with Crippen LogP contribution >= 0.6 is 11.8 Å². The summed E-state index contributed by atoms with van der Waals surface area (Å²) in [6, 6.07) is 12.5. The van der Waals surface area contributed by atoms with Crippen LogP contribution in [0.15, 0.2) is 53.6 Å². The molecule has 0 bridgehead atoms. The van der Waals surface area contributed by atoms with Gasteiger partial charge in [-0.15, -0.1) is 10.2 Å². The molecule has 0 atom stereocenters. The predicted octanol–water partition coefficient (Wildman–Crippen LogP) is 5.52. The second-order valence-corrected chi connectivity index (χ2v) is 7.82. The number of amides is 1. The molecule has 0 saturated heterocycles. The number of thioether (sulfide) groups is 1. The van der Waals surface area contributed by atoms with Crippen LogP contribution in [0.2, 0.25) is 0 Å². The molecule has 5 nitrogen and oxygen atoms in total. The summed E-state index contributed by atoms with van der Waals surface area (Å²) in [5, 5.41) is 11.3. The first-order chi connectivity index (χ1) is 14.7. The smallest absolute Gasteiger partial charge is 0.416 e. The molecule has 0 aliphatic rings. The summed E-state index contributed by atoms with van der Waals surface area (Å²) < 4.78 is 43.8. The number of anilines is 1. The normalized spacial score (nSPS) is 11.3. The Kier molecular flexibility index (Phi) is 6.84. The molecular weight excluding hydrogens is 427 g/mol. The molecule has 1 N–H and O–H groups in total. The van der Waals surface area contributed by atoms with Crippen molar-refractivity contribution < 1.29 is 22.7 Å². The van der Waals surface area contributed by atoms with E-state index in [0.717, 1.165) is 46.3 Å². The van der Waals surface area contributed by atoms with Gasteiger partial charge in [0, 0.05) is 5.56 Å². The van der Waals surface area contributed by atoms with Gasteiger partial charge in [0.2, 0.25) is 5.91 Å². The highest BCUT2D eigenvalue weighted by atomic mass is 32.2. The summed E-state index contributed by atoms with van der Waals surface area (Å²) in [6.07, 6.45) is -4.52. The fourth-order valence-corrected chi connectivity index (χ4v) is 3.56. The zero-order valence-electron chi connectivity index (χ0n) is 17.1. The molecule has 0 radical (unpaired) electrons. The van der Waals surface area contributed by atoms with Gasteiger partial charge in [-0.3, -0.25) is 4.79 Å². The lowest BCUT2D eigenvalue weighted by Crippen LogP contribution is -2.16. The predicted molar refractivity (Wildman–Crippen MR) is 114 cm³/mol. The molecular formula is C22H20F3N3O2S. The molecule has 1 amide bonds. The molecule has 0 fully saturated rings. The van der Waals surface area contributed by atoms with Crippen molar-refractivity contribution in [1.29, 1.82) is 0 Å². The van der Waals surface area contributed by atoms with Gasteiger partial charge < -0.3 is 10.1 Å². The number of carbonyl (C=O) groups excluding carboxylic acids is 1. The Labute approximate surface area is 182 Å². The Balaban J connectivity index is 1.65. The van der Waals surface area contributed by atoms with E-state index in [1.807, 2.05) is 32.0 Å². The van der Waals surface area contributed by atoms with Crippen LogP contribution in [0, 0.1) is 13.8 Å². The van der Waals surface area contributed by atoms with Crippen LogP contribution in [-0.2, 0) is 11.0 Å². The van der Waals surface area contributed by atoms with E-state index in [2.05, 4.69) is 21.6 Å². The number of benzene rings is 2. The highest BCUT2D eigenvalue weighted by Gasteiger charge is 2.31. The van der Waals surface area contributed by atoms with Crippen molar-refractivity contribution in [3.63, 3.8) is 0 Å². The first-order valence-corrected chi connectivity index (χ1v) is 10.2. The van der Waals surface area contributed by atoms with Gasteiger partial charge in [-0.25, -0.2) is 0 Å². The monoisotopic (exact) mass is 447 g/mol. The lowest BCUT2D eigenvalue weighted by Gasteiger charge is -2.13. The van der Waals surface area contributed by atoms with E-state index in [1.54, 1.807) is 6.07 Å². The van der Waals surface area contributed by atoms with E-state index in [9.17, 15) is 18.0 Å². The summed E-state index contributed by atoms with van der Waals surface area (Å²) in [5.41, 5.74) is 3.03. The second kappa shape index (κ2) is 9.38. The molecule has 0 aliphatic heterocycles. The molecule has 9 heteroatoms. The molecule has 0 unspecified atom stereocenters. The third-order valence-corrected chi connectivity index (χ3v) is 5.37. The number of carbonyl (C=O) groups is 1. The van der Waals surface area contributed by atoms with Crippen molar-refractivity contribution in [2.45, 2.75) is 25.0 Å². The third kappa shape index (κ3) is 5.75. The number of aromatic nitrogens is 2. The van der Waals surface area contributed by atoms with Gasteiger partial charge in [-0.1, -0.05) is 35.5 Å². The van der Waals surface area contributed by atoms with Crippen molar-refractivity contribution >= 4 is 23.4 Å². The molecule has 3 aromatic rings. The quantitative estimate of drug-likeness (QED) is 0.504. The lowest BCUT2D eigenvalue weighted by molar-refractivity contribution is -0.137. The van der Waals surface area contributed by atoms with Gasteiger partial charge in [-0.05, 0) is 49.7 Å². The number of rotatable bonds is 6. The Morgan fingerprint density at radius 2 is 1.84 bits per heavy atom. The van der Waals surface area contributed by atoms with E-state index in [1.165, 1.54) is 13.2 Å². The SMILES string of the molecule is COc1ccc(C(F)(F)F)cc1NC(=O)CSc1ccc(-c2ccc(C)cc2C)nn1. The number of alkyl halides is 3. The number of halogens is 3. The maximum atomic E-state index is 12.9. The van der Waals surface area contributed by atoms with Gasteiger partial charge in [0.25, 0.3) is 0 Å². The van der Waals surface area contributed by atoms with Gasteiger partial charge in [0.05, 0.1) is 29.8 Å². The van der Waals surface area contributed by atoms with Crippen LogP contribution < -0.4 is 10.1 Å². The van der Waals surface area contributed by atoms with Crippen LogP contribution in [-0.4, -0.2) is 29.0 Å².